The molecule has 2 aromatic carbocycles. The number of halogens is 1. The normalized spacial score (nSPS) is 23.8. The molecule has 1 amide bonds. The Labute approximate surface area is 160 Å². The van der Waals surface area contributed by atoms with Crippen LogP contribution < -0.4 is 15.4 Å². The lowest BCUT2D eigenvalue weighted by Gasteiger charge is -2.29. The van der Waals surface area contributed by atoms with Crippen molar-refractivity contribution in [3.05, 3.63) is 65.7 Å². The van der Waals surface area contributed by atoms with Gasteiger partial charge in [-0.2, -0.15) is 0 Å². The predicted molar refractivity (Wildman–Crippen MR) is 105 cm³/mol. The summed E-state index contributed by atoms with van der Waals surface area (Å²) in [4.78, 5) is 12.5. The lowest BCUT2D eigenvalue weighted by atomic mass is 9.99. The number of nitrogens with one attached hydrogen (secondary N) is 2. The van der Waals surface area contributed by atoms with Gasteiger partial charge in [-0.15, -0.1) is 12.4 Å². The number of hydrogen-bond donors (Lipinski definition) is 2. The third kappa shape index (κ3) is 4.57. The quantitative estimate of drug-likeness (QED) is 0.841. The summed E-state index contributed by atoms with van der Waals surface area (Å²) in [7, 11) is 0. The van der Waals surface area contributed by atoms with Crippen LogP contribution in [-0.4, -0.2) is 24.0 Å². The first-order chi connectivity index (χ1) is 12.3. The monoisotopic (exact) mass is 372 g/mol. The number of ether oxygens (including phenoxy) is 1. The molecule has 26 heavy (non-hydrogen) atoms. The molecule has 2 saturated heterocycles. The molecule has 2 fully saturated rings. The molecule has 2 aliphatic heterocycles. The van der Waals surface area contributed by atoms with Gasteiger partial charge in [0.15, 0.2) is 0 Å². The number of carbonyl (C=O) groups is 1. The molecule has 2 aliphatic rings. The van der Waals surface area contributed by atoms with Crippen LogP contribution in [0.4, 0.5) is 0 Å². The van der Waals surface area contributed by atoms with Crippen LogP contribution in [0.2, 0.25) is 0 Å². The van der Waals surface area contributed by atoms with Gasteiger partial charge in [0.1, 0.15) is 12.4 Å². The van der Waals surface area contributed by atoms with Crippen molar-refractivity contribution in [2.45, 2.75) is 50.4 Å². The van der Waals surface area contributed by atoms with Crippen molar-refractivity contribution in [1.82, 2.24) is 10.6 Å². The zero-order valence-corrected chi connectivity index (χ0v) is 15.5. The van der Waals surface area contributed by atoms with Crippen molar-refractivity contribution in [2.75, 3.05) is 0 Å². The standard InChI is InChI=1S/C21H24N2O2.ClH/c24-21(23-19-12-17-10-11-18(13-19)22-17)16-8-6-15(7-9-16)14-25-20-4-2-1-3-5-20;/h1-9,17-19,22H,10-14H2,(H,23,24);1H. The fraction of sp³-hybridized carbons (Fsp3) is 0.381. The van der Waals surface area contributed by atoms with Gasteiger partial charge in [-0.25, -0.2) is 0 Å². The number of amides is 1. The molecule has 2 heterocycles. The van der Waals surface area contributed by atoms with E-state index in [0.717, 1.165) is 24.2 Å². The van der Waals surface area contributed by atoms with E-state index in [-0.39, 0.29) is 18.3 Å². The summed E-state index contributed by atoms with van der Waals surface area (Å²) in [5.74, 6) is 0.881. The highest BCUT2D eigenvalue weighted by molar-refractivity contribution is 5.94. The maximum atomic E-state index is 12.5. The Kier molecular flexibility index (Phi) is 6.17. The molecule has 2 N–H and O–H groups in total. The fourth-order valence-corrected chi connectivity index (χ4v) is 3.88. The summed E-state index contributed by atoms with van der Waals surface area (Å²) in [5, 5.41) is 6.81. The maximum absolute atomic E-state index is 12.5. The number of carbonyl (C=O) groups excluding carboxylic acids is 1. The van der Waals surface area contributed by atoms with E-state index < -0.39 is 0 Å². The van der Waals surface area contributed by atoms with Crippen molar-refractivity contribution in [3.8, 4) is 5.75 Å². The molecule has 0 saturated carbocycles. The van der Waals surface area contributed by atoms with Crippen molar-refractivity contribution >= 4 is 18.3 Å². The average molecular weight is 373 g/mol. The van der Waals surface area contributed by atoms with Crippen LogP contribution >= 0.6 is 12.4 Å². The first-order valence-electron chi connectivity index (χ1n) is 9.10. The van der Waals surface area contributed by atoms with Crippen LogP contribution in [0.15, 0.2) is 54.6 Å². The van der Waals surface area contributed by atoms with Gasteiger partial charge in [-0.3, -0.25) is 4.79 Å². The van der Waals surface area contributed by atoms with Crippen molar-refractivity contribution in [1.29, 1.82) is 0 Å². The minimum Gasteiger partial charge on any atom is -0.489 e. The molecule has 2 aromatic rings. The van der Waals surface area contributed by atoms with Crippen LogP contribution in [0.1, 0.15) is 41.6 Å². The zero-order chi connectivity index (χ0) is 17.1. The molecule has 5 heteroatoms. The van der Waals surface area contributed by atoms with E-state index >= 15 is 0 Å². The Bertz CT molecular complexity index is 709. The van der Waals surface area contributed by atoms with Gasteiger partial charge in [0.25, 0.3) is 5.91 Å². The highest BCUT2D eigenvalue weighted by Gasteiger charge is 2.34. The molecule has 2 bridgehead atoms. The van der Waals surface area contributed by atoms with Crippen LogP contribution in [0, 0.1) is 0 Å². The van der Waals surface area contributed by atoms with Crippen LogP contribution in [0.3, 0.4) is 0 Å². The van der Waals surface area contributed by atoms with Gasteiger partial charge in [0.2, 0.25) is 0 Å². The van der Waals surface area contributed by atoms with Crippen molar-refractivity contribution < 1.29 is 9.53 Å². The van der Waals surface area contributed by atoms with Crippen LogP contribution in [-0.2, 0) is 6.61 Å². The lowest BCUT2D eigenvalue weighted by Crippen LogP contribution is -2.48. The van der Waals surface area contributed by atoms with Crippen LogP contribution in [0.5, 0.6) is 5.75 Å². The van der Waals surface area contributed by atoms with E-state index in [1.807, 2.05) is 54.6 Å². The van der Waals surface area contributed by atoms with Gasteiger partial charge >= 0.3 is 0 Å². The largest absolute Gasteiger partial charge is 0.489 e. The first-order valence-corrected chi connectivity index (χ1v) is 9.10. The molecule has 4 rings (SSSR count). The second-order valence-corrected chi connectivity index (χ2v) is 7.08. The van der Waals surface area contributed by atoms with E-state index in [1.165, 1.54) is 12.8 Å². The topological polar surface area (TPSA) is 50.4 Å². The molecule has 4 nitrogen and oxygen atoms in total. The summed E-state index contributed by atoms with van der Waals surface area (Å²) in [6.07, 6.45) is 4.58. The number of fused-ring (bicyclic) bond motifs is 2. The van der Waals surface area contributed by atoms with Gasteiger partial charge in [0, 0.05) is 23.7 Å². The molecule has 0 spiro atoms. The van der Waals surface area contributed by atoms with Crippen molar-refractivity contribution in [2.24, 2.45) is 0 Å². The predicted octanol–water partition coefficient (Wildman–Crippen LogP) is 3.70. The Balaban J connectivity index is 0.00000196. The number of hydrogen-bond acceptors (Lipinski definition) is 3. The third-order valence-corrected chi connectivity index (χ3v) is 5.17. The summed E-state index contributed by atoms with van der Waals surface area (Å²) < 4.78 is 5.74. The minimum absolute atomic E-state index is 0. The van der Waals surface area contributed by atoms with E-state index in [2.05, 4.69) is 10.6 Å². The smallest absolute Gasteiger partial charge is 0.251 e. The summed E-state index contributed by atoms with van der Waals surface area (Å²) in [6.45, 7) is 0.504. The number of benzene rings is 2. The SMILES string of the molecule is Cl.O=C(NC1CC2CCC(C1)N2)c1ccc(COc2ccccc2)cc1. The van der Waals surface area contributed by atoms with Crippen molar-refractivity contribution in [3.63, 3.8) is 0 Å². The van der Waals surface area contributed by atoms with E-state index in [9.17, 15) is 4.79 Å². The molecular weight excluding hydrogens is 348 g/mol. The highest BCUT2D eigenvalue weighted by atomic mass is 35.5. The molecule has 0 aliphatic carbocycles. The maximum Gasteiger partial charge on any atom is 0.251 e. The second kappa shape index (κ2) is 8.56. The summed E-state index contributed by atoms with van der Waals surface area (Å²) in [5.41, 5.74) is 1.77. The van der Waals surface area contributed by atoms with Gasteiger partial charge < -0.3 is 15.4 Å². The molecule has 2 atom stereocenters. The number of piperidine rings is 1. The van der Waals surface area contributed by atoms with E-state index in [0.29, 0.717) is 30.3 Å². The Hall–Kier alpha value is -2.04. The fourth-order valence-electron chi connectivity index (χ4n) is 3.88. The number of para-hydroxylation sites is 1. The van der Waals surface area contributed by atoms with Gasteiger partial charge in [-0.05, 0) is 55.5 Å². The number of rotatable bonds is 5. The second-order valence-electron chi connectivity index (χ2n) is 7.08. The van der Waals surface area contributed by atoms with Crippen LogP contribution in [0.25, 0.3) is 0 Å². The highest BCUT2D eigenvalue weighted by Crippen LogP contribution is 2.27. The molecule has 138 valence electrons. The van der Waals surface area contributed by atoms with E-state index in [4.69, 9.17) is 4.74 Å². The molecule has 2 unspecified atom stereocenters. The first kappa shape index (κ1) is 18.7. The lowest BCUT2D eigenvalue weighted by molar-refractivity contribution is 0.0924. The van der Waals surface area contributed by atoms with Gasteiger partial charge in [-0.1, -0.05) is 30.3 Å². The molecule has 0 aromatic heterocycles. The Morgan fingerprint density at radius 3 is 2.31 bits per heavy atom. The van der Waals surface area contributed by atoms with E-state index in [1.54, 1.807) is 0 Å². The zero-order valence-electron chi connectivity index (χ0n) is 14.7. The Morgan fingerprint density at radius 1 is 1.00 bits per heavy atom. The minimum atomic E-state index is 0. The third-order valence-electron chi connectivity index (χ3n) is 5.17. The summed E-state index contributed by atoms with van der Waals surface area (Å²) in [6, 6.07) is 18.9. The average Bonchev–Trinajstić information content (AvgIpc) is 2.99. The molecular formula is C21H25ClN2O2. The Morgan fingerprint density at radius 2 is 1.65 bits per heavy atom. The summed E-state index contributed by atoms with van der Waals surface area (Å²) >= 11 is 0. The van der Waals surface area contributed by atoms with Gasteiger partial charge in [0.05, 0.1) is 0 Å². The molecule has 0 radical (unpaired) electrons.